The maximum atomic E-state index is 13.1. The van der Waals surface area contributed by atoms with Crippen molar-refractivity contribution >= 4 is 12.0 Å². The van der Waals surface area contributed by atoms with Gasteiger partial charge in [-0.3, -0.25) is 4.79 Å². The molecular weight excluding hydrogens is 404 g/mol. The van der Waals surface area contributed by atoms with Gasteiger partial charge in [-0.1, -0.05) is 56.3 Å². The van der Waals surface area contributed by atoms with Gasteiger partial charge in [0, 0.05) is 19.0 Å². The molecule has 1 unspecified atom stereocenters. The van der Waals surface area contributed by atoms with Gasteiger partial charge in [-0.25, -0.2) is 4.79 Å². The first-order valence-corrected chi connectivity index (χ1v) is 11.5. The Balaban J connectivity index is 1.64. The van der Waals surface area contributed by atoms with Crippen molar-refractivity contribution in [3.8, 4) is 5.75 Å². The van der Waals surface area contributed by atoms with Crippen LogP contribution < -0.4 is 10.1 Å². The molecule has 1 atom stereocenters. The molecule has 172 valence electrons. The molecule has 0 aromatic heterocycles. The molecule has 1 heterocycles. The van der Waals surface area contributed by atoms with E-state index >= 15 is 0 Å². The molecule has 0 radical (unpaired) electrons. The zero-order chi connectivity index (χ0) is 22.9. The Morgan fingerprint density at radius 3 is 2.22 bits per heavy atom. The van der Waals surface area contributed by atoms with Crippen molar-refractivity contribution in [3.05, 3.63) is 65.7 Å². The Morgan fingerprint density at radius 1 is 1.00 bits per heavy atom. The van der Waals surface area contributed by atoms with Crippen LogP contribution in [0.25, 0.3) is 0 Å². The first kappa shape index (κ1) is 23.6. The van der Waals surface area contributed by atoms with Crippen LogP contribution in [0, 0.1) is 11.8 Å². The van der Waals surface area contributed by atoms with Crippen LogP contribution in [0.15, 0.2) is 54.6 Å². The van der Waals surface area contributed by atoms with Crippen LogP contribution in [0.4, 0.5) is 4.79 Å². The minimum absolute atomic E-state index is 0.0166. The highest BCUT2D eigenvalue weighted by Gasteiger charge is 2.29. The second-order valence-electron chi connectivity index (χ2n) is 8.59. The molecular formula is C26H34N2O4. The molecule has 6 nitrogen and oxygen atoms in total. The average molecular weight is 439 g/mol. The number of carbonyl (C=O) groups is 2. The highest BCUT2D eigenvalue weighted by atomic mass is 16.6. The maximum Gasteiger partial charge on any atom is 0.409 e. The van der Waals surface area contributed by atoms with E-state index in [9.17, 15) is 9.59 Å². The second kappa shape index (κ2) is 11.6. The summed E-state index contributed by atoms with van der Waals surface area (Å²) in [6.07, 6.45) is 0.981. The highest BCUT2D eigenvalue weighted by Crippen LogP contribution is 2.26. The summed E-state index contributed by atoms with van der Waals surface area (Å²) in [5.74, 6) is 1.01. The van der Waals surface area contributed by atoms with Crippen molar-refractivity contribution in [3.63, 3.8) is 0 Å². The molecule has 1 aliphatic heterocycles. The predicted octanol–water partition coefficient (Wildman–Crippen LogP) is 4.80. The number of benzene rings is 2. The summed E-state index contributed by atoms with van der Waals surface area (Å²) in [5.41, 5.74) is 2.03. The molecule has 3 rings (SSSR count). The third kappa shape index (κ3) is 6.49. The zero-order valence-corrected chi connectivity index (χ0v) is 19.3. The fraction of sp³-hybridized carbons (Fsp3) is 0.462. The van der Waals surface area contributed by atoms with Gasteiger partial charge in [0.15, 0.2) is 0 Å². The smallest absolute Gasteiger partial charge is 0.409 e. The number of ether oxygens (including phenoxy) is 2. The zero-order valence-electron chi connectivity index (χ0n) is 19.3. The molecule has 6 heteroatoms. The molecule has 0 bridgehead atoms. The van der Waals surface area contributed by atoms with Gasteiger partial charge in [0.1, 0.15) is 5.75 Å². The maximum absolute atomic E-state index is 13.1. The van der Waals surface area contributed by atoms with Crippen LogP contribution in [0.1, 0.15) is 50.8 Å². The van der Waals surface area contributed by atoms with Crippen molar-refractivity contribution in [1.82, 2.24) is 10.2 Å². The summed E-state index contributed by atoms with van der Waals surface area (Å²) >= 11 is 0. The molecule has 1 N–H and O–H groups in total. The summed E-state index contributed by atoms with van der Waals surface area (Å²) in [6.45, 7) is 8.08. The number of amides is 2. The summed E-state index contributed by atoms with van der Waals surface area (Å²) in [7, 11) is 0. The fourth-order valence-corrected chi connectivity index (χ4v) is 3.84. The number of hydrogen-bond donors (Lipinski definition) is 1. The van der Waals surface area contributed by atoms with E-state index in [1.54, 1.807) is 4.90 Å². The number of likely N-dealkylation sites (tertiary alicyclic amines) is 1. The molecule has 0 aliphatic carbocycles. The molecule has 0 saturated carbocycles. The van der Waals surface area contributed by atoms with Crippen LogP contribution in [0.2, 0.25) is 0 Å². The van der Waals surface area contributed by atoms with Crippen LogP contribution in [0.5, 0.6) is 5.75 Å². The molecule has 32 heavy (non-hydrogen) atoms. The number of hydrogen-bond acceptors (Lipinski definition) is 4. The van der Waals surface area contributed by atoms with E-state index in [1.807, 2.05) is 75.4 Å². The summed E-state index contributed by atoms with van der Waals surface area (Å²) in [5, 5.41) is 3.24. The lowest BCUT2D eigenvalue weighted by Crippen LogP contribution is -2.44. The van der Waals surface area contributed by atoms with Gasteiger partial charge in [-0.2, -0.15) is 0 Å². The fourth-order valence-electron chi connectivity index (χ4n) is 3.84. The van der Waals surface area contributed by atoms with E-state index in [2.05, 4.69) is 5.32 Å². The van der Waals surface area contributed by atoms with Gasteiger partial charge in [0.2, 0.25) is 5.91 Å². The largest absolute Gasteiger partial charge is 0.494 e. The molecule has 2 aromatic rings. The van der Waals surface area contributed by atoms with E-state index in [-0.39, 0.29) is 24.0 Å². The second-order valence-corrected chi connectivity index (χ2v) is 8.59. The minimum atomic E-state index is -0.283. The molecule has 1 fully saturated rings. The third-order valence-electron chi connectivity index (χ3n) is 5.61. The lowest BCUT2D eigenvalue weighted by atomic mass is 9.93. The van der Waals surface area contributed by atoms with Gasteiger partial charge in [0.25, 0.3) is 0 Å². The number of piperidine rings is 1. The number of carbonyl (C=O) groups excluding carboxylic acids is 2. The monoisotopic (exact) mass is 438 g/mol. The first-order chi connectivity index (χ1) is 15.5. The van der Waals surface area contributed by atoms with Crippen LogP contribution in [-0.2, 0) is 9.53 Å². The number of rotatable bonds is 8. The van der Waals surface area contributed by atoms with Crippen molar-refractivity contribution in [1.29, 1.82) is 0 Å². The molecule has 0 spiro atoms. The Hall–Kier alpha value is -3.02. The number of nitrogens with one attached hydrogen (secondary N) is 1. The molecule has 1 saturated heterocycles. The summed E-state index contributed by atoms with van der Waals surface area (Å²) < 4.78 is 10.9. The lowest BCUT2D eigenvalue weighted by Gasteiger charge is -2.32. The Labute approximate surface area is 190 Å². The van der Waals surface area contributed by atoms with Crippen molar-refractivity contribution in [2.75, 3.05) is 26.3 Å². The third-order valence-corrected chi connectivity index (χ3v) is 5.61. The van der Waals surface area contributed by atoms with Gasteiger partial charge < -0.3 is 19.7 Å². The highest BCUT2D eigenvalue weighted by molar-refractivity contribution is 5.80. The predicted molar refractivity (Wildman–Crippen MR) is 125 cm³/mol. The van der Waals surface area contributed by atoms with E-state index in [1.165, 1.54) is 0 Å². The molecule has 2 aromatic carbocycles. The van der Waals surface area contributed by atoms with E-state index in [0.717, 1.165) is 16.9 Å². The Morgan fingerprint density at radius 2 is 1.62 bits per heavy atom. The van der Waals surface area contributed by atoms with Crippen LogP contribution in [-0.4, -0.2) is 43.2 Å². The van der Waals surface area contributed by atoms with Crippen LogP contribution >= 0.6 is 0 Å². The SMILES string of the molecule is CCOc1ccc(C(NC(=O)C2CCN(C(=O)OCC(C)C)CC2)c2ccccc2)cc1. The van der Waals surface area contributed by atoms with Crippen molar-refractivity contribution < 1.29 is 19.1 Å². The molecule has 1 aliphatic rings. The van der Waals surface area contributed by atoms with Gasteiger partial charge >= 0.3 is 6.09 Å². The first-order valence-electron chi connectivity index (χ1n) is 11.5. The standard InChI is InChI=1S/C26H34N2O4/c1-4-31-23-12-10-21(11-13-23)24(20-8-6-5-7-9-20)27-25(29)22-14-16-28(17-15-22)26(30)32-18-19(2)3/h5-13,19,22,24H,4,14-18H2,1-3H3,(H,27,29). The van der Waals surface area contributed by atoms with E-state index < -0.39 is 0 Å². The van der Waals surface area contributed by atoms with Gasteiger partial charge in [-0.05, 0) is 48.9 Å². The average Bonchev–Trinajstić information content (AvgIpc) is 2.82. The Bertz CT molecular complexity index is 859. The van der Waals surface area contributed by atoms with E-state index in [4.69, 9.17) is 9.47 Å². The topological polar surface area (TPSA) is 67.9 Å². The van der Waals surface area contributed by atoms with Crippen LogP contribution in [0.3, 0.4) is 0 Å². The summed E-state index contributed by atoms with van der Waals surface area (Å²) in [6, 6.07) is 17.6. The minimum Gasteiger partial charge on any atom is -0.494 e. The van der Waals surface area contributed by atoms with E-state index in [0.29, 0.717) is 45.1 Å². The number of nitrogens with zero attached hydrogens (tertiary/aromatic N) is 1. The summed E-state index contributed by atoms with van der Waals surface area (Å²) in [4.78, 5) is 27.0. The van der Waals surface area contributed by atoms with Crippen molar-refractivity contribution in [2.45, 2.75) is 39.7 Å². The lowest BCUT2D eigenvalue weighted by molar-refractivity contribution is -0.126. The molecule has 2 amide bonds. The quantitative estimate of drug-likeness (QED) is 0.643. The normalized spacial score (nSPS) is 15.3. The Kier molecular flexibility index (Phi) is 8.54. The van der Waals surface area contributed by atoms with Gasteiger partial charge in [-0.15, -0.1) is 0 Å². The van der Waals surface area contributed by atoms with Crippen molar-refractivity contribution in [2.24, 2.45) is 11.8 Å². The van der Waals surface area contributed by atoms with Gasteiger partial charge in [0.05, 0.1) is 19.3 Å².